The van der Waals surface area contributed by atoms with Gasteiger partial charge in [0.2, 0.25) is 5.91 Å². The third-order valence-electron chi connectivity index (χ3n) is 2.32. The molecule has 0 radical (unpaired) electrons. The van der Waals surface area contributed by atoms with Gasteiger partial charge in [-0.25, -0.2) is 0 Å². The van der Waals surface area contributed by atoms with Crippen molar-refractivity contribution >= 4 is 58.1 Å². The molecule has 0 aliphatic carbocycles. The van der Waals surface area contributed by atoms with Gasteiger partial charge in [0.25, 0.3) is 0 Å². The maximum absolute atomic E-state index is 12.1. The Labute approximate surface area is 134 Å². The Hall–Kier alpha value is -0.760. The summed E-state index contributed by atoms with van der Waals surface area (Å²) in [6, 6.07) is 7.03. The van der Waals surface area contributed by atoms with Gasteiger partial charge in [-0.3, -0.25) is 4.79 Å². The Balaban J connectivity index is 1.93. The molecule has 0 unspecified atom stereocenters. The van der Waals surface area contributed by atoms with Crippen LogP contribution in [0.5, 0.6) is 0 Å². The summed E-state index contributed by atoms with van der Waals surface area (Å²) < 4.78 is 1.70. The molecule has 2 rings (SSSR count). The highest BCUT2D eigenvalue weighted by atomic mass is 35.5. The van der Waals surface area contributed by atoms with Crippen molar-refractivity contribution < 1.29 is 4.79 Å². The molecule has 1 aromatic carbocycles. The summed E-state index contributed by atoms with van der Waals surface area (Å²) in [6.07, 6.45) is 1.95. The van der Waals surface area contributed by atoms with Crippen molar-refractivity contribution in [3.8, 4) is 0 Å². The molecule has 0 aliphatic heterocycles. The number of nitrogens with one attached hydrogen (secondary N) is 1. The number of aromatic nitrogens is 2. The van der Waals surface area contributed by atoms with E-state index in [1.165, 1.54) is 23.1 Å². The maximum Gasteiger partial charge on any atom is 0.237 e. The number of amides is 1. The van der Waals surface area contributed by atoms with Crippen LogP contribution in [0.3, 0.4) is 0 Å². The molecule has 1 N–H and O–H groups in total. The van der Waals surface area contributed by atoms with Crippen molar-refractivity contribution in [3.63, 3.8) is 0 Å². The van der Waals surface area contributed by atoms with Gasteiger partial charge in [-0.05, 0) is 37.4 Å². The van der Waals surface area contributed by atoms with Crippen LogP contribution in [0.4, 0.5) is 5.69 Å². The number of carbonyl (C=O) groups excluding carboxylic acids is 1. The van der Waals surface area contributed by atoms with Crippen LogP contribution in [0.25, 0.3) is 0 Å². The number of halogens is 1. The van der Waals surface area contributed by atoms with Crippen molar-refractivity contribution in [2.24, 2.45) is 0 Å². The highest BCUT2D eigenvalue weighted by Crippen LogP contribution is 2.30. The molecule has 0 saturated carbocycles. The Morgan fingerprint density at radius 3 is 2.55 bits per heavy atom. The lowest BCUT2D eigenvalue weighted by Gasteiger charge is -2.10. The normalized spacial score (nSPS) is 12.2. The predicted octanol–water partition coefficient (Wildman–Crippen LogP) is 4.03. The molecule has 0 bridgehead atoms. The third kappa shape index (κ3) is 4.37. The van der Waals surface area contributed by atoms with Gasteiger partial charge in [-0.2, -0.15) is 0 Å². The minimum Gasteiger partial charge on any atom is -0.325 e. The highest BCUT2D eigenvalue weighted by molar-refractivity contribution is 8.03. The van der Waals surface area contributed by atoms with Gasteiger partial charge in [0.1, 0.15) is 0 Å². The molecule has 0 fully saturated rings. The van der Waals surface area contributed by atoms with Crippen LogP contribution in [-0.4, -0.2) is 27.6 Å². The van der Waals surface area contributed by atoms with E-state index < -0.39 is 0 Å². The molecular formula is C12H12ClN3OS3. The van der Waals surface area contributed by atoms with Gasteiger partial charge >= 0.3 is 0 Å². The van der Waals surface area contributed by atoms with E-state index in [2.05, 4.69) is 15.5 Å². The fourth-order valence-electron chi connectivity index (χ4n) is 1.31. The van der Waals surface area contributed by atoms with Crippen molar-refractivity contribution in [1.82, 2.24) is 10.2 Å². The van der Waals surface area contributed by atoms with Crippen molar-refractivity contribution in [2.45, 2.75) is 20.9 Å². The molecule has 0 saturated heterocycles. The zero-order valence-corrected chi connectivity index (χ0v) is 14.0. The van der Waals surface area contributed by atoms with E-state index in [-0.39, 0.29) is 11.2 Å². The number of thioether (sulfide) groups is 2. The molecule has 1 amide bonds. The predicted molar refractivity (Wildman–Crippen MR) is 87.1 cm³/mol. The quantitative estimate of drug-likeness (QED) is 0.829. The smallest absolute Gasteiger partial charge is 0.237 e. The molecule has 1 heterocycles. The first-order valence-corrected chi connectivity index (χ1v) is 8.99. The lowest BCUT2D eigenvalue weighted by atomic mass is 10.3. The number of rotatable bonds is 5. The Morgan fingerprint density at radius 1 is 1.30 bits per heavy atom. The molecular weight excluding hydrogens is 334 g/mol. The number of hydrogen-bond donors (Lipinski definition) is 1. The first-order chi connectivity index (χ1) is 9.58. The Bertz CT molecular complexity index is 588. The molecule has 1 atom stereocenters. The van der Waals surface area contributed by atoms with E-state index >= 15 is 0 Å². The van der Waals surface area contributed by atoms with Gasteiger partial charge in [-0.15, -0.1) is 10.2 Å². The monoisotopic (exact) mass is 345 g/mol. The van der Waals surface area contributed by atoms with E-state index in [0.717, 1.165) is 14.4 Å². The van der Waals surface area contributed by atoms with Gasteiger partial charge < -0.3 is 5.32 Å². The molecule has 2 aromatic rings. The topological polar surface area (TPSA) is 54.9 Å². The average Bonchev–Trinajstić information content (AvgIpc) is 2.89. The lowest BCUT2D eigenvalue weighted by Crippen LogP contribution is -2.22. The Morgan fingerprint density at radius 2 is 1.95 bits per heavy atom. The van der Waals surface area contributed by atoms with Gasteiger partial charge in [0, 0.05) is 10.7 Å². The van der Waals surface area contributed by atoms with Crippen LogP contribution in [0, 0.1) is 0 Å². The van der Waals surface area contributed by atoms with E-state index in [0.29, 0.717) is 5.02 Å². The zero-order valence-electron chi connectivity index (χ0n) is 10.8. The first kappa shape index (κ1) is 15.6. The molecule has 0 aliphatic rings. The largest absolute Gasteiger partial charge is 0.325 e. The summed E-state index contributed by atoms with van der Waals surface area (Å²) in [4.78, 5) is 12.1. The molecule has 4 nitrogen and oxygen atoms in total. The molecule has 20 heavy (non-hydrogen) atoms. The number of benzene rings is 1. The summed E-state index contributed by atoms with van der Waals surface area (Å²) in [6.45, 7) is 1.84. The second-order valence-corrected chi connectivity index (χ2v) is 7.85. The summed E-state index contributed by atoms with van der Waals surface area (Å²) in [5, 5.41) is 11.3. The standard InChI is InChI=1S/C12H12ClN3OS3/c1-7(19-12-16-15-11(18-2)20-12)10(17)14-9-5-3-8(13)4-6-9/h3-7H,1-2H3,(H,14,17)/t7-/m1/s1. The second-order valence-electron chi connectivity index (χ2n) is 3.79. The van der Waals surface area contributed by atoms with Crippen LogP contribution in [-0.2, 0) is 4.79 Å². The van der Waals surface area contributed by atoms with E-state index in [1.54, 1.807) is 36.0 Å². The molecule has 106 valence electrons. The Kier molecular flexibility index (Phi) is 5.71. The van der Waals surface area contributed by atoms with Crippen LogP contribution < -0.4 is 5.32 Å². The SMILES string of the molecule is CSc1nnc(S[C@H](C)C(=O)Nc2ccc(Cl)cc2)s1. The lowest BCUT2D eigenvalue weighted by molar-refractivity contribution is -0.115. The summed E-state index contributed by atoms with van der Waals surface area (Å²) in [5.41, 5.74) is 0.730. The van der Waals surface area contributed by atoms with Gasteiger partial charge in [0.05, 0.1) is 5.25 Å². The number of hydrogen-bond acceptors (Lipinski definition) is 6. The second kappa shape index (κ2) is 7.31. The minimum absolute atomic E-state index is 0.0711. The zero-order chi connectivity index (χ0) is 14.5. The highest BCUT2D eigenvalue weighted by Gasteiger charge is 2.17. The van der Waals surface area contributed by atoms with Gasteiger partial charge in [-0.1, -0.05) is 46.5 Å². The van der Waals surface area contributed by atoms with Crippen molar-refractivity contribution in [2.75, 3.05) is 11.6 Å². The summed E-state index contributed by atoms with van der Waals surface area (Å²) in [5.74, 6) is -0.0711. The first-order valence-electron chi connectivity index (χ1n) is 5.69. The van der Waals surface area contributed by atoms with E-state index in [1.807, 2.05) is 13.2 Å². The molecule has 8 heteroatoms. The number of nitrogens with zero attached hydrogens (tertiary/aromatic N) is 2. The average molecular weight is 346 g/mol. The van der Waals surface area contributed by atoms with Gasteiger partial charge in [0.15, 0.2) is 8.68 Å². The minimum atomic E-state index is -0.242. The van der Waals surface area contributed by atoms with Crippen molar-refractivity contribution in [1.29, 1.82) is 0 Å². The fourth-order valence-corrected chi connectivity index (χ4v) is 4.02. The third-order valence-corrected chi connectivity index (χ3v) is 5.66. The van der Waals surface area contributed by atoms with Crippen molar-refractivity contribution in [3.05, 3.63) is 29.3 Å². The summed E-state index contributed by atoms with van der Waals surface area (Å²) >= 11 is 10.2. The van der Waals surface area contributed by atoms with Crippen LogP contribution >= 0.6 is 46.5 Å². The van der Waals surface area contributed by atoms with Crippen LogP contribution in [0.15, 0.2) is 32.9 Å². The molecule has 0 spiro atoms. The van der Waals surface area contributed by atoms with Crippen LogP contribution in [0.1, 0.15) is 6.92 Å². The van der Waals surface area contributed by atoms with E-state index in [4.69, 9.17) is 11.6 Å². The fraction of sp³-hybridized carbons (Fsp3) is 0.250. The number of carbonyl (C=O) groups is 1. The van der Waals surface area contributed by atoms with Crippen LogP contribution in [0.2, 0.25) is 5.02 Å². The number of anilines is 1. The molecule has 1 aromatic heterocycles. The summed E-state index contributed by atoms with van der Waals surface area (Å²) in [7, 11) is 0. The maximum atomic E-state index is 12.1. The van der Waals surface area contributed by atoms with E-state index in [9.17, 15) is 4.79 Å².